The third kappa shape index (κ3) is 0.917. The van der Waals surface area contributed by atoms with Crippen molar-refractivity contribution in [3.63, 3.8) is 0 Å². The number of hydrogen-bond acceptors (Lipinski definition) is 4. The minimum Gasteiger partial charge on any atom is -0.244 e. The minimum atomic E-state index is 0.768. The molecule has 0 radical (unpaired) electrons. The van der Waals surface area contributed by atoms with Crippen LogP contribution in [-0.4, -0.2) is 22.0 Å². The lowest BCUT2D eigenvalue weighted by atomic mass is 10.0. The van der Waals surface area contributed by atoms with Crippen LogP contribution in [0.25, 0.3) is 6.08 Å². The lowest BCUT2D eigenvalue weighted by Crippen LogP contribution is -2.11. The summed E-state index contributed by atoms with van der Waals surface area (Å²) in [6.45, 7) is 0. The summed E-state index contributed by atoms with van der Waals surface area (Å²) in [5.74, 6) is 0. The summed E-state index contributed by atoms with van der Waals surface area (Å²) in [7, 11) is 0. The van der Waals surface area contributed by atoms with E-state index in [1.807, 2.05) is 6.08 Å². The van der Waals surface area contributed by atoms with Gasteiger partial charge in [0.2, 0.25) is 0 Å². The van der Waals surface area contributed by atoms with Gasteiger partial charge in [0.1, 0.15) is 12.7 Å². The van der Waals surface area contributed by atoms with E-state index in [9.17, 15) is 0 Å². The van der Waals surface area contributed by atoms with Gasteiger partial charge in [-0.1, -0.05) is 0 Å². The van der Waals surface area contributed by atoms with Gasteiger partial charge in [0.25, 0.3) is 0 Å². The predicted molar refractivity (Wildman–Crippen MR) is 49.6 cm³/mol. The number of aliphatic imine (C=N–C) groups is 2. The van der Waals surface area contributed by atoms with Crippen LogP contribution < -0.4 is 0 Å². The quantitative estimate of drug-likeness (QED) is 0.579. The van der Waals surface area contributed by atoms with E-state index in [1.54, 1.807) is 18.9 Å². The Hall–Kier alpha value is -1.84. The maximum absolute atomic E-state index is 4.19. The van der Waals surface area contributed by atoms with Gasteiger partial charge < -0.3 is 0 Å². The lowest BCUT2D eigenvalue weighted by molar-refractivity contribution is 1.05. The molecule has 0 atom stereocenters. The Morgan fingerprint density at radius 3 is 3.31 bits per heavy atom. The Labute approximate surface area is 74.8 Å². The maximum Gasteiger partial charge on any atom is 0.116 e. The molecular weight excluding hydrogens is 164 g/mol. The van der Waals surface area contributed by atoms with Crippen LogP contribution in [0.4, 0.5) is 0 Å². The molecule has 1 aliphatic carbocycles. The highest BCUT2D eigenvalue weighted by Crippen LogP contribution is 2.22. The normalized spacial score (nSPS) is 17.5. The predicted octanol–water partition coefficient (Wildman–Crippen LogP) is 0.857. The monoisotopic (exact) mass is 170 g/mol. The van der Waals surface area contributed by atoms with Crippen molar-refractivity contribution in [2.24, 2.45) is 9.98 Å². The van der Waals surface area contributed by atoms with Crippen molar-refractivity contribution in [3.05, 3.63) is 29.5 Å². The summed E-state index contributed by atoms with van der Waals surface area (Å²) in [6, 6.07) is 0. The first-order valence-electron chi connectivity index (χ1n) is 4.03. The Balaban J connectivity index is 2.21. The Morgan fingerprint density at radius 1 is 1.31 bits per heavy atom. The molecule has 3 rings (SSSR count). The highest BCUT2D eigenvalue weighted by Gasteiger charge is 2.18. The Bertz CT molecular complexity index is 456. The molecule has 0 aromatic carbocycles. The van der Waals surface area contributed by atoms with Crippen LogP contribution in [0.2, 0.25) is 0 Å². The van der Waals surface area contributed by atoms with Crippen molar-refractivity contribution in [2.45, 2.75) is 6.42 Å². The highest BCUT2D eigenvalue weighted by molar-refractivity contribution is 6.13. The van der Waals surface area contributed by atoms with E-state index >= 15 is 0 Å². The standard InChI is InChI=1S/C9H6N4/c1-6-3-10-4-11-7(6)2-9-8(1)12-5-13-9/h1,3-5H,2H2. The van der Waals surface area contributed by atoms with Crippen molar-refractivity contribution in [2.75, 3.05) is 0 Å². The molecule has 0 fully saturated rings. The van der Waals surface area contributed by atoms with Crippen molar-refractivity contribution < 1.29 is 0 Å². The molecule has 62 valence electrons. The van der Waals surface area contributed by atoms with E-state index in [1.165, 1.54) is 0 Å². The Kier molecular flexibility index (Phi) is 1.19. The molecule has 1 aromatic heterocycles. The van der Waals surface area contributed by atoms with Gasteiger partial charge in [0.15, 0.2) is 0 Å². The number of nitrogens with zero attached hydrogens (tertiary/aromatic N) is 4. The lowest BCUT2D eigenvalue weighted by Gasteiger charge is -2.10. The van der Waals surface area contributed by atoms with Gasteiger partial charge in [-0.2, -0.15) is 0 Å². The van der Waals surface area contributed by atoms with Crippen LogP contribution in [0.3, 0.4) is 0 Å². The zero-order valence-electron chi connectivity index (χ0n) is 6.81. The zero-order valence-corrected chi connectivity index (χ0v) is 6.81. The summed E-state index contributed by atoms with van der Waals surface area (Å²) >= 11 is 0. The number of allylic oxidation sites excluding steroid dienone is 1. The number of hydrogen-bond donors (Lipinski definition) is 0. The van der Waals surface area contributed by atoms with Crippen LogP contribution in [0, 0.1) is 0 Å². The third-order valence-corrected chi connectivity index (χ3v) is 2.16. The molecule has 2 aliphatic rings. The molecule has 0 unspecified atom stereocenters. The zero-order chi connectivity index (χ0) is 8.67. The first-order chi connectivity index (χ1) is 6.43. The van der Waals surface area contributed by atoms with Gasteiger partial charge in [0, 0.05) is 18.2 Å². The van der Waals surface area contributed by atoms with Gasteiger partial charge in [-0.15, -0.1) is 0 Å². The van der Waals surface area contributed by atoms with Crippen LogP contribution in [0.15, 0.2) is 28.2 Å². The maximum atomic E-state index is 4.19. The van der Waals surface area contributed by atoms with Crippen molar-refractivity contribution >= 4 is 18.1 Å². The number of rotatable bonds is 0. The molecule has 0 spiro atoms. The number of aromatic nitrogens is 2. The van der Waals surface area contributed by atoms with E-state index in [2.05, 4.69) is 20.0 Å². The molecule has 0 saturated carbocycles. The van der Waals surface area contributed by atoms with E-state index in [4.69, 9.17) is 0 Å². The van der Waals surface area contributed by atoms with E-state index in [0.29, 0.717) is 0 Å². The second-order valence-corrected chi connectivity index (χ2v) is 2.95. The molecule has 0 N–H and O–H groups in total. The molecule has 0 saturated heterocycles. The van der Waals surface area contributed by atoms with Crippen molar-refractivity contribution in [1.82, 2.24) is 9.97 Å². The third-order valence-electron chi connectivity index (χ3n) is 2.16. The van der Waals surface area contributed by atoms with Crippen molar-refractivity contribution in [1.29, 1.82) is 0 Å². The van der Waals surface area contributed by atoms with Gasteiger partial charge >= 0.3 is 0 Å². The SMILES string of the molecule is C1=NC2=Cc3cncnc3CC2=N1. The molecule has 13 heavy (non-hydrogen) atoms. The van der Waals surface area contributed by atoms with Crippen LogP contribution in [0.1, 0.15) is 11.3 Å². The van der Waals surface area contributed by atoms with Gasteiger partial charge in [0.05, 0.1) is 17.1 Å². The van der Waals surface area contributed by atoms with Crippen molar-refractivity contribution in [3.8, 4) is 0 Å². The summed E-state index contributed by atoms with van der Waals surface area (Å²) < 4.78 is 0. The van der Waals surface area contributed by atoms with E-state index < -0.39 is 0 Å². The average Bonchev–Trinajstić information content (AvgIpc) is 2.61. The fourth-order valence-electron chi connectivity index (χ4n) is 1.50. The van der Waals surface area contributed by atoms with E-state index in [0.717, 1.165) is 29.1 Å². The summed E-state index contributed by atoms with van der Waals surface area (Å²) in [4.78, 5) is 16.4. The molecule has 0 amide bonds. The topological polar surface area (TPSA) is 50.5 Å². The summed E-state index contributed by atoms with van der Waals surface area (Å²) in [6.07, 6.45) is 7.69. The van der Waals surface area contributed by atoms with Gasteiger partial charge in [-0.25, -0.2) is 20.0 Å². The first-order valence-corrected chi connectivity index (χ1v) is 4.03. The number of fused-ring (bicyclic) bond motifs is 2. The van der Waals surface area contributed by atoms with Gasteiger partial charge in [-0.05, 0) is 6.08 Å². The molecule has 1 aliphatic heterocycles. The van der Waals surface area contributed by atoms with E-state index in [-0.39, 0.29) is 0 Å². The van der Waals surface area contributed by atoms with Gasteiger partial charge in [-0.3, -0.25) is 0 Å². The molecule has 4 heteroatoms. The first kappa shape index (κ1) is 6.65. The second kappa shape index (κ2) is 2.32. The summed E-state index contributed by atoms with van der Waals surface area (Å²) in [5.41, 5.74) is 4.03. The fraction of sp³-hybridized carbons (Fsp3) is 0.111. The van der Waals surface area contributed by atoms with Crippen LogP contribution in [-0.2, 0) is 6.42 Å². The van der Waals surface area contributed by atoms with Crippen LogP contribution >= 0.6 is 0 Å². The molecular formula is C9H6N4. The largest absolute Gasteiger partial charge is 0.244 e. The minimum absolute atomic E-state index is 0.768. The molecule has 1 aromatic rings. The highest BCUT2D eigenvalue weighted by atomic mass is 15.0. The Morgan fingerprint density at radius 2 is 2.31 bits per heavy atom. The van der Waals surface area contributed by atoms with Crippen LogP contribution in [0.5, 0.6) is 0 Å². The fourth-order valence-corrected chi connectivity index (χ4v) is 1.50. The molecule has 2 heterocycles. The smallest absolute Gasteiger partial charge is 0.116 e. The average molecular weight is 170 g/mol. The molecule has 0 bridgehead atoms. The molecule has 4 nitrogen and oxygen atoms in total. The second-order valence-electron chi connectivity index (χ2n) is 2.95. The summed E-state index contributed by atoms with van der Waals surface area (Å²) in [5, 5.41) is 0.